The molecule has 5 heteroatoms. The molecule has 2 heterocycles. The molecule has 3 aromatic rings. The van der Waals surface area contributed by atoms with Crippen LogP contribution in [0.2, 0.25) is 0 Å². The van der Waals surface area contributed by atoms with Gasteiger partial charge in [-0.15, -0.1) is 0 Å². The highest BCUT2D eigenvalue weighted by atomic mass is 32.2. The van der Waals surface area contributed by atoms with Crippen molar-refractivity contribution < 1.29 is 4.79 Å². The minimum absolute atomic E-state index is 0.108. The Morgan fingerprint density at radius 2 is 1.67 bits per heavy atom. The number of amidine groups is 1. The molecule has 1 amide bonds. The van der Waals surface area contributed by atoms with Crippen molar-refractivity contribution in [1.82, 2.24) is 9.88 Å². The van der Waals surface area contributed by atoms with Crippen molar-refractivity contribution in [3.63, 3.8) is 0 Å². The molecule has 1 N–H and O–H groups in total. The minimum atomic E-state index is -0.108. The molecule has 0 aliphatic carbocycles. The average Bonchev–Trinajstić information content (AvgIpc) is 3.22. The molecule has 0 radical (unpaired) electrons. The molecule has 0 spiro atoms. The first kappa shape index (κ1) is 23.1. The van der Waals surface area contributed by atoms with Crippen LogP contribution in [0, 0.1) is 27.7 Å². The molecule has 4 nitrogen and oxygen atoms in total. The molecule has 0 saturated carbocycles. The fourth-order valence-corrected chi connectivity index (χ4v) is 4.93. The lowest BCUT2D eigenvalue weighted by Gasteiger charge is -2.20. The molecular formula is C28H31N3OS. The van der Waals surface area contributed by atoms with E-state index in [2.05, 4.69) is 92.8 Å². The molecule has 1 fully saturated rings. The lowest BCUT2D eigenvalue weighted by atomic mass is 9.87. The van der Waals surface area contributed by atoms with Crippen LogP contribution in [0.15, 0.2) is 58.4 Å². The van der Waals surface area contributed by atoms with Gasteiger partial charge in [-0.25, -0.2) is 4.99 Å². The van der Waals surface area contributed by atoms with Gasteiger partial charge in [-0.1, -0.05) is 50.6 Å². The van der Waals surface area contributed by atoms with Gasteiger partial charge < -0.3 is 9.88 Å². The fraction of sp³-hybridized carbons (Fsp3) is 0.286. The summed E-state index contributed by atoms with van der Waals surface area (Å²) in [7, 11) is 0. The normalized spacial score (nSPS) is 16.6. The maximum Gasteiger partial charge on any atom is 0.264 e. The molecular weight excluding hydrogens is 426 g/mol. The summed E-state index contributed by atoms with van der Waals surface area (Å²) in [5.41, 5.74) is 9.01. The molecule has 1 saturated heterocycles. The first-order valence-corrected chi connectivity index (χ1v) is 12.0. The molecule has 0 atom stereocenters. The van der Waals surface area contributed by atoms with Crippen LogP contribution < -0.4 is 5.32 Å². The Labute approximate surface area is 200 Å². The summed E-state index contributed by atoms with van der Waals surface area (Å²) in [6, 6.07) is 17.0. The highest BCUT2D eigenvalue weighted by molar-refractivity contribution is 8.18. The summed E-state index contributed by atoms with van der Waals surface area (Å²) in [6.45, 7) is 15.0. The summed E-state index contributed by atoms with van der Waals surface area (Å²) in [6.07, 6.45) is 1.97. The zero-order chi connectivity index (χ0) is 23.9. The molecule has 170 valence electrons. The molecule has 2 aromatic carbocycles. The van der Waals surface area contributed by atoms with E-state index in [0.717, 1.165) is 33.9 Å². The predicted octanol–water partition coefficient (Wildman–Crippen LogP) is 6.90. The lowest BCUT2D eigenvalue weighted by Crippen LogP contribution is -2.19. The standard InChI is InChI=1S/C28H31N3OS/c1-17-8-13-24(18(2)14-17)29-27-30-26(32)25(33-27)16-21-15-19(3)31(20(21)4)23-11-9-22(10-12-23)28(5,6)7/h8-16H,1-7H3,(H,29,30,32)/b25-16-. The van der Waals surface area contributed by atoms with Crippen molar-refractivity contribution in [1.29, 1.82) is 0 Å². The molecule has 1 aliphatic heterocycles. The summed E-state index contributed by atoms with van der Waals surface area (Å²) in [4.78, 5) is 18.0. The van der Waals surface area contributed by atoms with Gasteiger partial charge in [0.2, 0.25) is 0 Å². The van der Waals surface area contributed by atoms with Crippen LogP contribution in [0.3, 0.4) is 0 Å². The fourth-order valence-electron chi connectivity index (χ4n) is 4.10. The number of carbonyl (C=O) groups is 1. The average molecular weight is 458 g/mol. The van der Waals surface area contributed by atoms with Crippen LogP contribution >= 0.6 is 11.8 Å². The Hall–Kier alpha value is -3.05. The highest BCUT2D eigenvalue weighted by Crippen LogP contribution is 2.32. The summed E-state index contributed by atoms with van der Waals surface area (Å²) >= 11 is 1.39. The number of amides is 1. The number of aromatic nitrogens is 1. The van der Waals surface area contributed by atoms with Gasteiger partial charge in [-0.2, -0.15) is 0 Å². The van der Waals surface area contributed by atoms with Crippen molar-refractivity contribution in [3.05, 3.63) is 87.1 Å². The largest absolute Gasteiger partial charge is 0.318 e. The van der Waals surface area contributed by atoms with E-state index in [1.807, 2.05) is 25.1 Å². The van der Waals surface area contributed by atoms with E-state index in [9.17, 15) is 4.79 Å². The number of carbonyl (C=O) groups excluding carboxylic acids is 1. The second-order valence-electron chi connectivity index (χ2n) is 9.73. The summed E-state index contributed by atoms with van der Waals surface area (Å²) in [5, 5.41) is 3.52. The van der Waals surface area contributed by atoms with E-state index in [0.29, 0.717) is 10.1 Å². The number of rotatable bonds is 3. The molecule has 0 bridgehead atoms. The van der Waals surface area contributed by atoms with Crippen molar-refractivity contribution in [2.24, 2.45) is 4.99 Å². The van der Waals surface area contributed by atoms with Crippen molar-refractivity contribution in [2.75, 3.05) is 0 Å². The third-order valence-electron chi connectivity index (χ3n) is 5.97. The summed E-state index contributed by atoms with van der Waals surface area (Å²) < 4.78 is 2.24. The number of hydrogen-bond donors (Lipinski definition) is 1. The zero-order valence-corrected chi connectivity index (χ0v) is 21.2. The maximum atomic E-state index is 12.6. The highest BCUT2D eigenvalue weighted by Gasteiger charge is 2.25. The molecule has 0 unspecified atom stereocenters. The first-order chi connectivity index (χ1) is 15.5. The third kappa shape index (κ3) is 4.83. The second-order valence-corrected chi connectivity index (χ2v) is 10.8. The Morgan fingerprint density at radius 1 is 0.970 bits per heavy atom. The quantitative estimate of drug-likeness (QED) is 0.435. The number of nitrogens with zero attached hydrogens (tertiary/aromatic N) is 2. The lowest BCUT2D eigenvalue weighted by molar-refractivity contribution is -0.115. The van der Waals surface area contributed by atoms with E-state index in [-0.39, 0.29) is 11.3 Å². The van der Waals surface area contributed by atoms with Gasteiger partial charge in [0.25, 0.3) is 5.91 Å². The van der Waals surface area contributed by atoms with Gasteiger partial charge in [-0.05, 0) is 91.9 Å². The topological polar surface area (TPSA) is 46.4 Å². The van der Waals surface area contributed by atoms with E-state index in [1.165, 1.54) is 22.9 Å². The Kier molecular flexibility index (Phi) is 6.10. The van der Waals surface area contributed by atoms with Gasteiger partial charge >= 0.3 is 0 Å². The van der Waals surface area contributed by atoms with E-state index in [4.69, 9.17) is 0 Å². The smallest absolute Gasteiger partial charge is 0.264 e. The van der Waals surface area contributed by atoms with Gasteiger partial charge in [0.1, 0.15) is 0 Å². The van der Waals surface area contributed by atoms with E-state index < -0.39 is 0 Å². The monoisotopic (exact) mass is 457 g/mol. The second kappa shape index (κ2) is 8.71. The number of nitrogens with one attached hydrogen (secondary N) is 1. The molecule has 1 aromatic heterocycles. The van der Waals surface area contributed by atoms with Gasteiger partial charge in [0.05, 0.1) is 10.6 Å². The number of thioether (sulfide) groups is 1. The van der Waals surface area contributed by atoms with Crippen LogP contribution in [0.5, 0.6) is 0 Å². The van der Waals surface area contributed by atoms with Gasteiger partial charge in [0, 0.05) is 17.1 Å². The molecule has 1 aliphatic rings. The van der Waals surface area contributed by atoms with Crippen LogP contribution in [0.1, 0.15) is 54.4 Å². The Morgan fingerprint density at radius 3 is 2.30 bits per heavy atom. The number of aliphatic imine (C=N–C) groups is 1. The van der Waals surface area contributed by atoms with Crippen molar-refractivity contribution >= 4 is 34.6 Å². The zero-order valence-electron chi connectivity index (χ0n) is 20.4. The summed E-state index contributed by atoms with van der Waals surface area (Å²) in [5.74, 6) is -0.108. The molecule has 4 rings (SSSR count). The Balaban J connectivity index is 1.62. The van der Waals surface area contributed by atoms with Crippen LogP contribution in [-0.4, -0.2) is 15.6 Å². The predicted molar refractivity (Wildman–Crippen MR) is 141 cm³/mol. The number of hydrogen-bond acceptors (Lipinski definition) is 3. The minimum Gasteiger partial charge on any atom is -0.318 e. The van der Waals surface area contributed by atoms with E-state index in [1.54, 1.807) is 0 Å². The first-order valence-electron chi connectivity index (χ1n) is 11.2. The van der Waals surface area contributed by atoms with Crippen LogP contribution in [0.4, 0.5) is 5.69 Å². The van der Waals surface area contributed by atoms with Gasteiger partial charge in [-0.3, -0.25) is 4.79 Å². The third-order valence-corrected chi connectivity index (χ3v) is 6.88. The van der Waals surface area contributed by atoms with E-state index >= 15 is 0 Å². The van der Waals surface area contributed by atoms with Gasteiger partial charge in [0.15, 0.2) is 5.17 Å². The van der Waals surface area contributed by atoms with Crippen molar-refractivity contribution in [2.45, 2.75) is 53.9 Å². The SMILES string of the molecule is Cc1ccc(N=C2NC(=O)/C(=C/c3cc(C)n(-c4ccc(C(C)(C)C)cc4)c3C)S2)c(C)c1. The van der Waals surface area contributed by atoms with Crippen LogP contribution in [0.25, 0.3) is 11.8 Å². The molecule has 33 heavy (non-hydrogen) atoms. The Bertz CT molecular complexity index is 1290. The van der Waals surface area contributed by atoms with Crippen molar-refractivity contribution in [3.8, 4) is 5.69 Å². The number of benzene rings is 2. The van der Waals surface area contributed by atoms with Crippen LogP contribution in [-0.2, 0) is 10.2 Å². The maximum absolute atomic E-state index is 12.6. The number of aryl methyl sites for hydroxylation is 3.